The Morgan fingerprint density at radius 3 is 1.62 bits per heavy atom. The molecule has 0 saturated carbocycles. The summed E-state index contributed by atoms with van der Waals surface area (Å²) in [6.07, 6.45) is 0. The van der Waals surface area contributed by atoms with Gasteiger partial charge in [0, 0.05) is 20.2 Å². The molecular formula is C46H28S. The van der Waals surface area contributed by atoms with Crippen LogP contribution in [0.15, 0.2) is 170 Å². The van der Waals surface area contributed by atoms with Crippen molar-refractivity contribution < 1.29 is 0 Å². The van der Waals surface area contributed by atoms with Crippen LogP contribution in [0.25, 0.3) is 96.6 Å². The average Bonchev–Trinajstić information content (AvgIpc) is 3.51. The Balaban J connectivity index is 1.20. The van der Waals surface area contributed by atoms with Crippen LogP contribution in [0.2, 0.25) is 0 Å². The number of hydrogen-bond acceptors (Lipinski definition) is 1. The fourth-order valence-electron chi connectivity index (χ4n) is 7.72. The van der Waals surface area contributed by atoms with Crippen molar-refractivity contribution in [2.45, 2.75) is 0 Å². The molecule has 10 aromatic rings. The van der Waals surface area contributed by atoms with Gasteiger partial charge in [0.25, 0.3) is 0 Å². The van der Waals surface area contributed by atoms with Crippen LogP contribution in [0, 0.1) is 0 Å². The minimum absolute atomic E-state index is 1.24. The van der Waals surface area contributed by atoms with Gasteiger partial charge in [-0.15, -0.1) is 11.3 Å². The zero-order valence-corrected chi connectivity index (χ0v) is 26.4. The van der Waals surface area contributed by atoms with Crippen molar-refractivity contribution in [3.05, 3.63) is 170 Å². The molecule has 0 spiro atoms. The van der Waals surface area contributed by atoms with E-state index < -0.39 is 0 Å². The molecule has 47 heavy (non-hydrogen) atoms. The molecule has 0 bridgehead atoms. The molecule has 218 valence electrons. The highest BCUT2D eigenvalue weighted by Crippen LogP contribution is 2.45. The minimum atomic E-state index is 1.24. The standard InChI is InChI=1S/C46H28S/c1-2-13-30(14-3-1)44-36-19-6-8-21-38(36)45(39-22-9-7-20-37(39)44)33-17-10-15-31(26-33)34-23-11-16-32-27-42-40-25-24-29-12-4-5-18-35(29)46(40)47-43(42)28-41(32)34/h1-28H. The molecule has 0 amide bonds. The van der Waals surface area contributed by atoms with Gasteiger partial charge in [0.1, 0.15) is 0 Å². The van der Waals surface area contributed by atoms with Crippen molar-refractivity contribution in [2.24, 2.45) is 0 Å². The lowest BCUT2D eigenvalue weighted by molar-refractivity contribution is 1.63. The number of hydrogen-bond donors (Lipinski definition) is 0. The molecule has 0 fully saturated rings. The van der Waals surface area contributed by atoms with Gasteiger partial charge in [-0.3, -0.25) is 0 Å². The molecule has 0 unspecified atom stereocenters. The van der Waals surface area contributed by atoms with Crippen LogP contribution in [-0.4, -0.2) is 0 Å². The van der Waals surface area contributed by atoms with E-state index in [2.05, 4.69) is 170 Å². The van der Waals surface area contributed by atoms with Gasteiger partial charge in [0.2, 0.25) is 0 Å². The third-order valence-electron chi connectivity index (χ3n) is 9.82. The first kappa shape index (κ1) is 26.5. The highest BCUT2D eigenvalue weighted by molar-refractivity contribution is 7.26. The summed E-state index contributed by atoms with van der Waals surface area (Å²) >= 11 is 1.91. The normalized spacial score (nSPS) is 11.8. The lowest BCUT2D eigenvalue weighted by Gasteiger charge is -2.18. The van der Waals surface area contributed by atoms with Crippen LogP contribution in [0.1, 0.15) is 0 Å². The Bertz CT molecular complexity index is 2780. The summed E-state index contributed by atoms with van der Waals surface area (Å²) < 4.78 is 2.70. The largest absolute Gasteiger partial charge is 0.135 e. The van der Waals surface area contributed by atoms with E-state index >= 15 is 0 Å². The minimum Gasteiger partial charge on any atom is -0.135 e. The molecule has 0 nitrogen and oxygen atoms in total. The molecule has 10 rings (SSSR count). The van der Waals surface area contributed by atoms with Gasteiger partial charge in [-0.1, -0.05) is 152 Å². The molecular weight excluding hydrogens is 585 g/mol. The molecule has 0 N–H and O–H groups in total. The van der Waals surface area contributed by atoms with Gasteiger partial charge in [0.05, 0.1) is 0 Å². The summed E-state index contributed by atoms with van der Waals surface area (Å²) in [5.74, 6) is 0. The van der Waals surface area contributed by atoms with Crippen molar-refractivity contribution in [1.29, 1.82) is 0 Å². The first-order chi connectivity index (χ1) is 23.3. The second kappa shape index (κ2) is 10.4. The molecule has 0 atom stereocenters. The van der Waals surface area contributed by atoms with Crippen LogP contribution in [0.4, 0.5) is 0 Å². The van der Waals surface area contributed by atoms with Gasteiger partial charge in [-0.25, -0.2) is 0 Å². The van der Waals surface area contributed by atoms with Crippen LogP contribution >= 0.6 is 11.3 Å². The molecule has 1 aromatic heterocycles. The first-order valence-corrected chi connectivity index (χ1v) is 17.0. The Hall–Kier alpha value is -5.76. The van der Waals surface area contributed by atoms with E-state index in [9.17, 15) is 0 Å². The third kappa shape index (κ3) is 4.07. The predicted octanol–water partition coefficient (Wildman–Crippen LogP) is 13.7. The Morgan fingerprint density at radius 2 is 0.872 bits per heavy atom. The molecule has 0 aliphatic rings. The van der Waals surface area contributed by atoms with Crippen molar-refractivity contribution >= 4 is 74.6 Å². The highest BCUT2D eigenvalue weighted by Gasteiger charge is 2.17. The van der Waals surface area contributed by atoms with Crippen molar-refractivity contribution in [1.82, 2.24) is 0 Å². The lowest BCUT2D eigenvalue weighted by atomic mass is 9.85. The molecule has 9 aromatic carbocycles. The van der Waals surface area contributed by atoms with Gasteiger partial charge >= 0.3 is 0 Å². The van der Waals surface area contributed by atoms with Crippen LogP contribution in [-0.2, 0) is 0 Å². The maximum atomic E-state index is 2.42. The molecule has 1 heteroatoms. The molecule has 0 radical (unpaired) electrons. The molecule has 0 aliphatic heterocycles. The van der Waals surface area contributed by atoms with E-state index in [1.807, 2.05) is 11.3 Å². The van der Waals surface area contributed by atoms with Crippen molar-refractivity contribution in [3.63, 3.8) is 0 Å². The fourth-order valence-corrected chi connectivity index (χ4v) is 8.98. The molecule has 0 saturated heterocycles. The monoisotopic (exact) mass is 612 g/mol. The van der Waals surface area contributed by atoms with Gasteiger partial charge in [0.15, 0.2) is 0 Å². The van der Waals surface area contributed by atoms with E-state index in [0.717, 1.165) is 0 Å². The van der Waals surface area contributed by atoms with Gasteiger partial charge < -0.3 is 0 Å². The second-order valence-electron chi connectivity index (χ2n) is 12.4. The van der Waals surface area contributed by atoms with E-state index in [4.69, 9.17) is 0 Å². The van der Waals surface area contributed by atoms with Gasteiger partial charge in [-0.2, -0.15) is 0 Å². The van der Waals surface area contributed by atoms with Gasteiger partial charge in [-0.05, 0) is 94.7 Å². The third-order valence-corrected chi connectivity index (χ3v) is 11.0. The topological polar surface area (TPSA) is 0 Å². The van der Waals surface area contributed by atoms with Crippen LogP contribution < -0.4 is 0 Å². The predicted molar refractivity (Wildman–Crippen MR) is 206 cm³/mol. The average molecular weight is 613 g/mol. The first-order valence-electron chi connectivity index (χ1n) is 16.2. The summed E-state index contributed by atoms with van der Waals surface area (Å²) in [7, 11) is 0. The second-order valence-corrected chi connectivity index (χ2v) is 13.5. The summed E-state index contributed by atoms with van der Waals surface area (Å²) in [6.45, 7) is 0. The molecule has 0 aliphatic carbocycles. The Morgan fingerprint density at radius 1 is 0.298 bits per heavy atom. The number of rotatable bonds is 3. The Labute approximate surface area is 276 Å². The van der Waals surface area contributed by atoms with E-state index in [1.54, 1.807) is 0 Å². The zero-order chi connectivity index (χ0) is 30.9. The van der Waals surface area contributed by atoms with Crippen molar-refractivity contribution in [2.75, 3.05) is 0 Å². The van der Waals surface area contributed by atoms with Crippen molar-refractivity contribution in [3.8, 4) is 33.4 Å². The van der Waals surface area contributed by atoms with E-state index in [-0.39, 0.29) is 0 Å². The van der Waals surface area contributed by atoms with E-state index in [0.29, 0.717) is 0 Å². The summed E-state index contributed by atoms with van der Waals surface area (Å²) in [5.41, 5.74) is 7.57. The van der Waals surface area contributed by atoms with Crippen LogP contribution in [0.5, 0.6) is 0 Å². The number of fused-ring (bicyclic) bond motifs is 8. The number of thiophene rings is 1. The smallest absolute Gasteiger partial charge is 0.0433 e. The summed E-state index contributed by atoms with van der Waals surface area (Å²) in [5, 5.41) is 13.0. The maximum Gasteiger partial charge on any atom is 0.0433 e. The maximum absolute atomic E-state index is 2.42. The van der Waals surface area contributed by atoms with Crippen LogP contribution in [0.3, 0.4) is 0 Å². The molecule has 1 heterocycles. The lowest BCUT2D eigenvalue weighted by Crippen LogP contribution is -1.91. The fraction of sp³-hybridized carbons (Fsp3) is 0. The quantitative estimate of drug-likeness (QED) is 0.174. The van der Waals surface area contributed by atoms with E-state index in [1.165, 1.54) is 96.6 Å². The number of benzene rings is 9. The SMILES string of the molecule is c1ccc(-c2c3ccccc3c(-c3cccc(-c4cccc5cc6c(cc45)sc4c5ccccc5ccc64)c3)c3ccccc23)cc1. The Kier molecular flexibility index (Phi) is 5.85. The summed E-state index contributed by atoms with van der Waals surface area (Å²) in [6, 6.07) is 62.6. The summed E-state index contributed by atoms with van der Waals surface area (Å²) in [4.78, 5) is 0. The zero-order valence-electron chi connectivity index (χ0n) is 25.6. The highest BCUT2D eigenvalue weighted by atomic mass is 32.1.